The molecule has 2 aromatic carbocycles. The van der Waals surface area contributed by atoms with Crippen LogP contribution in [0.25, 0.3) is 0 Å². The minimum Gasteiger partial charge on any atom is -0.508 e. The van der Waals surface area contributed by atoms with Crippen LogP contribution in [0.2, 0.25) is 0 Å². The lowest BCUT2D eigenvalue weighted by Crippen LogP contribution is -2.55. The van der Waals surface area contributed by atoms with Gasteiger partial charge in [0.1, 0.15) is 35.1 Å². The fourth-order valence-corrected chi connectivity index (χ4v) is 4.87. The second-order valence-corrected chi connectivity index (χ2v) is 14.0. The van der Waals surface area contributed by atoms with Crippen LogP contribution in [0, 0.1) is 5.92 Å². The SMILES string of the molecule is CCCCN(C(=O)C(CC(C)C)NC(=O)OC(C)(C)C)C(C(=O)NC(Cc1ccccc1)C(=O)OC(C)(C)C)c1cccc(O)c1. The molecule has 2 aromatic rings. The zero-order valence-corrected chi connectivity index (χ0v) is 28.9. The summed E-state index contributed by atoms with van der Waals surface area (Å²) in [6, 6.07) is 12.1. The molecule has 10 heteroatoms. The van der Waals surface area contributed by atoms with E-state index in [4.69, 9.17) is 9.47 Å². The van der Waals surface area contributed by atoms with E-state index in [1.54, 1.807) is 53.7 Å². The van der Waals surface area contributed by atoms with Crippen LogP contribution in [0.1, 0.15) is 98.7 Å². The van der Waals surface area contributed by atoms with Crippen LogP contribution in [0.3, 0.4) is 0 Å². The van der Waals surface area contributed by atoms with Crippen molar-refractivity contribution in [1.29, 1.82) is 0 Å². The highest BCUT2D eigenvalue weighted by Gasteiger charge is 2.38. The minimum atomic E-state index is -1.23. The molecule has 254 valence electrons. The van der Waals surface area contributed by atoms with Gasteiger partial charge in [0, 0.05) is 13.0 Å². The molecule has 0 saturated heterocycles. The molecule has 0 heterocycles. The summed E-state index contributed by atoms with van der Waals surface area (Å²) in [7, 11) is 0. The van der Waals surface area contributed by atoms with Gasteiger partial charge in [0.25, 0.3) is 0 Å². The molecule has 3 amide bonds. The average molecular weight is 640 g/mol. The number of amides is 3. The summed E-state index contributed by atoms with van der Waals surface area (Å²) in [5, 5.41) is 16.0. The van der Waals surface area contributed by atoms with Gasteiger partial charge in [-0.1, -0.05) is 69.7 Å². The number of phenolic OH excluding ortho intramolecular Hbond substituents is 1. The van der Waals surface area contributed by atoms with Crippen LogP contribution in [0.4, 0.5) is 4.79 Å². The lowest BCUT2D eigenvalue weighted by Gasteiger charge is -2.35. The monoisotopic (exact) mass is 639 g/mol. The van der Waals surface area contributed by atoms with Crippen molar-refractivity contribution in [2.75, 3.05) is 6.54 Å². The highest BCUT2D eigenvalue weighted by Crippen LogP contribution is 2.27. The maximum absolute atomic E-state index is 14.4. The Balaban J connectivity index is 2.60. The molecule has 0 spiro atoms. The molecule has 0 bridgehead atoms. The van der Waals surface area contributed by atoms with E-state index in [0.717, 1.165) is 12.0 Å². The quantitative estimate of drug-likeness (QED) is 0.214. The van der Waals surface area contributed by atoms with Gasteiger partial charge >= 0.3 is 12.1 Å². The van der Waals surface area contributed by atoms with Crippen molar-refractivity contribution in [3.63, 3.8) is 0 Å². The molecular formula is C36H53N3O7. The van der Waals surface area contributed by atoms with Gasteiger partial charge in [-0.05, 0) is 83.6 Å². The lowest BCUT2D eigenvalue weighted by molar-refractivity contribution is -0.159. The highest BCUT2D eigenvalue weighted by molar-refractivity contribution is 5.94. The average Bonchev–Trinajstić information content (AvgIpc) is 2.92. The van der Waals surface area contributed by atoms with E-state index in [2.05, 4.69) is 10.6 Å². The first-order valence-corrected chi connectivity index (χ1v) is 16.1. The standard InChI is InChI=1S/C36H53N3O7/c1-10-11-20-39(32(42)28(21-24(2)3)38-34(44)46-36(7,8)9)30(26-18-15-19-27(40)23-26)31(41)37-29(33(43)45-35(4,5)6)22-25-16-13-12-14-17-25/h12-19,23-24,28-30,40H,10-11,20-22H2,1-9H3,(H,37,41)(H,38,44). The largest absolute Gasteiger partial charge is 0.508 e. The number of aromatic hydroxyl groups is 1. The Bertz CT molecular complexity index is 1300. The number of benzene rings is 2. The van der Waals surface area contributed by atoms with Gasteiger partial charge in [0.2, 0.25) is 11.8 Å². The second-order valence-electron chi connectivity index (χ2n) is 14.0. The van der Waals surface area contributed by atoms with E-state index < -0.39 is 53.2 Å². The van der Waals surface area contributed by atoms with Crippen molar-refractivity contribution in [2.24, 2.45) is 5.92 Å². The molecule has 2 rings (SSSR count). The zero-order chi connectivity index (χ0) is 34.7. The fraction of sp³-hybridized carbons (Fsp3) is 0.556. The Morgan fingerprint density at radius 2 is 1.48 bits per heavy atom. The molecule has 0 saturated carbocycles. The zero-order valence-electron chi connectivity index (χ0n) is 28.9. The third kappa shape index (κ3) is 13.1. The smallest absolute Gasteiger partial charge is 0.408 e. The maximum atomic E-state index is 14.4. The van der Waals surface area contributed by atoms with E-state index in [-0.39, 0.29) is 24.6 Å². The van der Waals surface area contributed by atoms with E-state index in [1.165, 1.54) is 17.0 Å². The first-order valence-electron chi connectivity index (χ1n) is 16.1. The number of carbonyl (C=O) groups excluding carboxylic acids is 4. The van der Waals surface area contributed by atoms with Gasteiger partial charge in [0.05, 0.1) is 0 Å². The van der Waals surface area contributed by atoms with E-state index in [1.807, 2.05) is 51.1 Å². The number of hydrogen-bond donors (Lipinski definition) is 3. The Morgan fingerprint density at radius 1 is 0.848 bits per heavy atom. The number of nitrogens with zero attached hydrogens (tertiary/aromatic N) is 1. The first-order chi connectivity index (χ1) is 21.4. The van der Waals surface area contributed by atoms with E-state index in [9.17, 15) is 24.3 Å². The third-order valence-corrected chi connectivity index (χ3v) is 6.77. The number of carbonyl (C=O) groups is 4. The van der Waals surface area contributed by atoms with Crippen LogP contribution in [0.15, 0.2) is 54.6 Å². The number of unbranched alkanes of at least 4 members (excludes halogenated alkanes) is 1. The number of rotatable bonds is 14. The summed E-state index contributed by atoms with van der Waals surface area (Å²) in [5.74, 6) is -1.78. The normalized spacial score (nSPS) is 13.7. The molecule has 0 aromatic heterocycles. The van der Waals surface area contributed by atoms with Crippen molar-refractivity contribution >= 4 is 23.9 Å². The van der Waals surface area contributed by atoms with Gasteiger partial charge in [-0.3, -0.25) is 9.59 Å². The van der Waals surface area contributed by atoms with Crippen molar-refractivity contribution in [3.05, 3.63) is 65.7 Å². The minimum absolute atomic E-state index is 0.0207. The molecule has 46 heavy (non-hydrogen) atoms. The summed E-state index contributed by atoms with van der Waals surface area (Å²) in [5.41, 5.74) is -0.422. The summed E-state index contributed by atoms with van der Waals surface area (Å²) in [4.78, 5) is 56.5. The third-order valence-electron chi connectivity index (χ3n) is 6.77. The number of nitrogens with one attached hydrogen (secondary N) is 2. The number of esters is 1. The molecule has 10 nitrogen and oxygen atoms in total. The van der Waals surface area contributed by atoms with E-state index >= 15 is 0 Å². The molecule has 3 N–H and O–H groups in total. The topological polar surface area (TPSA) is 134 Å². The van der Waals surface area contributed by atoms with Gasteiger partial charge in [0.15, 0.2) is 0 Å². The maximum Gasteiger partial charge on any atom is 0.408 e. The summed E-state index contributed by atoms with van der Waals surface area (Å²) < 4.78 is 11.1. The predicted octanol–water partition coefficient (Wildman–Crippen LogP) is 6.07. The van der Waals surface area contributed by atoms with Gasteiger partial charge in [-0.15, -0.1) is 0 Å². The summed E-state index contributed by atoms with van der Waals surface area (Å²) in [6.45, 7) is 16.5. The molecular weight excluding hydrogens is 586 g/mol. The molecule has 0 fully saturated rings. The van der Waals surface area contributed by atoms with Crippen LogP contribution in [-0.4, -0.2) is 63.7 Å². The van der Waals surface area contributed by atoms with Gasteiger partial charge < -0.3 is 30.1 Å². The number of hydrogen-bond acceptors (Lipinski definition) is 7. The van der Waals surface area contributed by atoms with Crippen molar-refractivity contribution in [3.8, 4) is 5.75 Å². The number of ether oxygens (including phenoxy) is 2. The second kappa shape index (κ2) is 17.0. The molecule has 0 aliphatic heterocycles. The van der Waals surface area contributed by atoms with Crippen LogP contribution < -0.4 is 10.6 Å². The van der Waals surface area contributed by atoms with Crippen molar-refractivity contribution < 1.29 is 33.8 Å². The summed E-state index contributed by atoms with van der Waals surface area (Å²) in [6.07, 6.45) is 1.00. The van der Waals surface area contributed by atoms with Crippen molar-refractivity contribution in [1.82, 2.24) is 15.5 Å². The van der Waals surface area contributed by atoms with E-state index in [0.29, 0.717) is 18.4 Å². The van der Waals surface area contributed by atoms with Gasteiger partial charge in [-0.25, -0.2) is 9.59 Å². The number of alkyl carbamates (subject to hydrolysis) is 1. The molecule has 0 aliphatic carbocycles. The van der Waals surface area contributed by atoms with Crippen LogP contribution >= 0.6 is 0 Å². The van der Waals surface area contributed by atoms with Crippen LogP contribution in [0.5, 0.6) is 5.75 Å². The number of phenols is 1. The fourth-order valence-electron chi connectivity index (χ4n) is 4.87. The molecule has 0 radical (unpaired) electrons. The molecule has 3 unspecified atom stereocenters. The van der Waals surface area contributed by atoms with Crippen molar-refractivity contribution in [2.45, 2.75) is 117 Å². The molecule has 0 aliphatic rings. The lowest BCUT2D eigenvalue weighted by atomic mass is 9.98. The Kier molecular flexibility index (Phi) is 14.1. The predicted molar refractivity (Wildman–Crippen MR) is 178 cm³/mol. The Labute approximate surface area is 274 Å². The van der Waals surface area contributed by atoms with Gasteiger partial charge in [-0.2, -0.15) is 0 Å². The Morgan fingerprint density at radius 3 is 2.02 bits per heavy atom. The van der Waals surface area contributed by atoms with Crippen LogP contribution in [-0.2, 0) is 30.3 Å². The summed E-state index contributed by atoms with van der Waals surface area (Å²) >= 11 is 0. The Hall–Kier alpha value is -4.08. The highest BCUT2D eigenvalue weighted by atomic mass is 16.6. The first kappa shape index (κ1) is 38.1. The molecule has 3 atom stereocenters.